The Hall–Kier alpha value is -2.52. The minimum Gasteiger partial charge on any atom is -0.371 e. The van der Waals surface area contributed by atoms with Crippen molar-refractivity contribution in [2.24, 2.45) is 5.92 Å². The molecule has 6 rings (SSSR count). The topological polar surface area (TPSA) is 27.3 Å². The smallest absolute Gasteiger partial charge is 0.0493 e. The number of nitrogens with one attached hydrogen (secondary N) is 2. The summed E-state index contributed by atoms with van der Waals surface area (Å²) >= 11 is 0. The van der Waals surface area contributed by atoms with Gasteiger partial charge >= 0.3 is 0 Å². The van der Waals surface area contributed by atoms with E-state index in [9.17, 15) is 0 Å². The molecule has 0 spiro atoms. The molecule has 1 saturated heterocycles. The van der Waals surface area contributed by atoms with Gasteiger partial charge in [-0.3, -0.25) is 0 Å². The van der Waals surface area contributed by atoms with Crippen LogP contribution in [0.1, 0.15) is 36.5 Å². The standard InChI is InChI=1S/C27H31N3/c1-3-27-17-28-15-21(27)16-30-12-6-8-20-13-22(14-24(27)26(20)30)29-25-18(2)10-11-19-7-4-5-9-23(19)25/h4-5,7,9-11,13-14,21,28-29H,3,6,8,12,15-17H2,1-2H3/t21?,27-/m1/s1. The van der Waals surface area contributed by atoms with Crippen LogP contribution in [-0.2, 0) is 11.8 Å². The lowest BCUT2D eigenvalue weighted by molar-refractivity contribution is 0.311. The first kappa shape index (κ1) is 18.3. The van der Waals surface area contributed by atoms with E-state index < -0.39 is 0 Å². The van der Waals surface area contributed by atoms with Crippen LogP contribution >= 0.6 is 0 Å². The summed E-state index contributed by atoms with van der Waals surface area (Å²) in [5, 5.41) is 10.2. The van der Waals surface area contributed by atoms with Gasteiger partial charge in [-0.15, -0.1) is 0 Å². The fourth-order valence-corrected chi connectivity index (χ4v) is 6.39. The van der Waals surface area contributed by atoms with Crippen LogP contribution in [0.4, 0.5) is 17.1 Å². The predicted octanol–water partition coefficient (Wildman–Crippen LogP) is 5.53. The van der Waals surface area contributed by atoms with Crippen molar-refractivity contribution in [3.63, 3.8) is 0 Å². The second kappa shape index (κ2) is 6.75. The van der Waals surface area contributed by atoms with Crippen molar-refractivity contribution < 1.29 is 0 Å². The van der Waals surface area contributed by atoms with Gasteiger partial charge in [0.1, 0.15) is 0 Å². The molecule has 0 amide bonds. The quantitative estimate of drug-likeness (QED) is 0.609. The second-order valence-corrected chi connectivity index (χ2v) is 9.52. The molecule has 2 atom stereocenters. The Morgan fingerprint density at radius 2 is 2.07 bits per heavy atom. The molecule has 0 radical (unpaired) electrons. The van der Waals surface area contributed by atoms with Crippen LogP contribution in [0.2, 0.25) is 0 Å². The molecule has 3 heterocycles. The first-order chi connectivity index (χ1) is 14.7. The van der Waals surface area contributed by atoms with E-state index in [0.717, 1.165) is 19.0 Å². The lowest BCUT2D eigenvalue weighted by Gasteiger charge is -2.48. The van der Waals surface area contributed by atoms with Crippen LogP contribution < -0.4 is 15.5 Å². The van der Waals surface area contributed by atoms with Gasteiger partial charge in [0.05, 0.1) is 0 Å². The van der Waals surface area contributed by atoms with Gasteiger partial charge in [0.2, 0.25) is 0 Å². The normalized spacial score (nSPS) is 24.6. The Labute approximate surface area is 179 Å². The maximum Gasteiger partial charge on any atom is 0.0493 e. The zero-order chi connectivity index (χ0) is 20.3. The van der Waals surface area contributed by atoms with Crippen LogP contribution in [0.3, 0.4) is 0 Å². The molecule has 1 fully saturated rings. The van der Waals surface area contributed by atoms with Gasteiger partial charge in [-0.1, -0.05) is 43.3 Å². The van der Waals surface area contributed by atoms with E-state index in [0.29, 0.717) is 0 Å². The highest BCUT2D eigenvalue weighted by atomic mass is 15.2. The Balaban J connectivity index is 1.52. The fraction of sp³-hybridized carbons (Fsp3) is 0.407. The van der Waals surface area contributed by atoms with Gasteiger partial charge in [0.25, 0.3) is 0 Å². The van der Waals surface area contributed by atoms with Crippen molar-refractivity contribution in [2.45, 2.75) is 38.5 Å². The van der Waals surface area contributed by atoms with Crippen LogP contribution in [0.25, 0.3) is 10.8 Å². The summed E-state index contributed by atoms with van der Waals surface area (Å²) in [6.45, 7) is 9.30. The van der Waals surface area contributed by atoms with Gasteiger partial charge in [-0.25, -0.2) is 0 Å². The zero-order valence-electron chi connectivity index (χ0n) is 18.1. The molecule has 3 aromatic carbocycles. The summed E-state index contributed by atoms with van der Waals surface area (Å²) in [7, 11) is 0. The highest BCUT2D eigenvalue weighted by Crippen LogP contribution is 2.51. The van der Waals surface area contributed by atoms with Crippen molar-refractivity contribution in [1.29, 1.82) is 0 Å². The summed E-state index contributed by atoms with van der Waals surface area (Å²) in [6.07, 6.45) is 3.67. The zero-order valence-corrected chi connectivity index (χ0v) is 18.1. The van der Waals surface area contributed by atoms with E-state index in [-0.39, 0.29) is 5.41 Å². The number of aryl methyl sites for hydroxylation is 2. The highest BCUT2D eigenvalue weighted by Gasteiger charge is 2.49. The summed E-state index contributed by atoms with van der Waals surface area (Å²) in [4.78, 5) is 2.69. The number of nitrogens with zero attached hydrogens (tertiary/aromatic N) is 1. The van der Waals surface area contributed by atoms with Crippen molar-refractivity contribution in [3.8, 4) is 0 Å². The lowest BCUT2D eigenvalue weighted by atomic mass is 9.66. The predicted molar refractivity (Wildman–Crippen MR) is 127 cm³/mol. The molecule has 0 aliphatic carbocycles. The SMILES string of the molecule is CC[C@@]12CNCC1CN1CCCc3cc(Nc4c(C)ccc5ccccc45)cc2c31. The summed E-state index contributed by atoms with van der Waals surface area (Å²) in [5.41, 5.74) is 8.76. The van der Waals surface area contributed by atoms with Crippen LogP contribution in [0.15, 0.2) is 48.5 Å². The third kappa shape index (κ3) is 2.54. The molecule has 3 nitrogen and oxygen atoms in total. The maximum absolute atomic E-state index is 3.86. The fourth-order valence-electron chi connectivity index (χ4n) is 6.39. The summed E-state index contributed by atoms with van der Waals surface area (Å²) in [5.74, 6) is 0.718. The minimum absolute atomic E-state index is 0.281. The van der Waals surface area contributed by atoms with Crippen molar-refractivity contribution in [3.05, 3.63) is 65.2 Å². The number of hydrogen-bond acceptors (Lipinski definition) is 3. The molecule has 0 aromatic heterocycles. The third-order valence-corrected chi connectivity index (χ3v) is 8.01. The molecular formula is C27H31N3. The van der Waals surface area contributed by atoms with Crippen LogP contribution in [0, 0.1) is 12.8 Å². The average Bonchev–Trinajstić information content (AvgIpc) is 3.20. The summed E-state index contributed by atoms with van der Waals surface area (Å²) < 4.78 is 0. The van der Waals surface area contributed by atoms with E-state index in [1.54, 1.807) is 11.3 Å². The lowest BCUT2D eigenvalue weighted by Crippen LogP contribution is -2.49. The molecular weight excluding hydrogens is 366 g/mol. The molecule has 2 N–H and O–H groups in total. The molecule has 30 heavy (non-hydrogen) atoms. The molecule has 3 aliphatic heterocycles. The van der Waals surface area contributed by atoms with E-state index in [1.165, 1.54) is 65.6 Å². The van der Waals surface area contributed by atoms with E-state index in [4.69, 9.17) is 0 Å². The molecule has 154 valence electrons. The molecule has 3 heteroatoms. The monoisotopic (exact) mass is 397 g/mol. The Morgan fingerprint density at radius 3 is 2.97 bits per heavy atom. The largest absolute Gasteiger partial charge is 0.371 e. The van der Waals surface area contributed by atoms with Crippen molar-refractivity contribution in [1.82, 2.24) is 5.32 Å². The number of hydrogen-bond donors (Lipinski definition) is 2. The summed E-state index contributed by atoms with van der Waals surface area (Å²) in [6, 6.07) is 18.1. The molecule has 0 saturated carbocycles. The number of fused-ring (bicyclic) bond motifs is 3. The van der Waals surface area contributed by atoms with Gasteiger partial charge in [0, 0.05) is 54.0 Å². The highest BCUT2D eigenvalue weighted by molar-refractivity contribution is 5.97. The van der Waals surface area contributed by atoms with Crippen LogP contribution in [0.5, 0.6) is 0 Å². The van der Waals surface area contributed by atoms with E-state index >= 15 is 0 Å². The number of rotatable bonds is 3. The molecule has 3 aromatic rings. The Kier molecular flexibility index (Phi) is 4.11. The van der Waals surface area contributed by atoms with Crippen LogP contribution in [-0.4, -0.2) is 26.2 Å². The average molecular weight is 398 g/mol. The molecule has 3 aliphatic rings. The van der Waals surface area contributed by atoms with Gasteiger partial charge < -0.3 is 15.5 Å². The Bertz CT molecular complexity index is 1130. The van der Waals surface area contributed by atoms with E-state index in [1.807, 2.05) is 0 Å². The van der Waals surface area contributed by atoms with E-state index in [2.05, 4.69) is 77.9 Å². The number of benzene rings is 3. The first-order valence-electron chi connectivity index (χ1n) is 11.6. The Morgan fingerprint density at radius 1 is 1.17 bits per heavy atom. The third-order valence-electron chi connectivity index (χ3n) is 8.01. The molecule has 0 bridgehead atoms. The van der Waals surface area contributed by atoms with Gasteiger partial charge in [0.15, 0.2) is 0 Å². The number of anilines is 3. The van der Waals surface area contributed by atoms with Gasteiger partial charge in [-0.2, -0.15) is 0 Å². The first-order valence-corrected chi connectivity index (χ1v) is 11.6. The minimum atomic E-state index is 0.281. The van der Waals surface area contributed by atoms with Gasteiger partial charge in [-0.05, 0) is 66.3 Å². The maximum atomic E-state index is 3.86. The second-order valence-electron chi connectivity index (χ2n) is 9.52. The van der Waals surface area contributed by atoms with Crippen molar-refractivity contribution >= 4 is 27.8 Å². The molecule has 1 unspecified atom stereocenters. The van der Waals surface area contributed by atoms with Crippen molar-refractivity contribution in [2.75, 3.05) is 36.4 Å².